The van der Waals surface area contributed by atoms with E-state index >= 15 is 0 Å². The number of hydrogen-bond donors (Lipinski definition) is 1. The SMILES string of the molecule is Cc1nc(-c2cccc(OCC(O)c3ccc(F)c(F)c3)c2)no1. The summed E-state index contributed by atoms with van der Waals surface area (Å²) < 4.78 is 36.5. The van der Waals surface area contributed by atoms with E-state index in [4.69, 9.17) is 9.26 Å². The van der Waals surface area contributed by atoms with E-state index in [-0.39, 0.29) is 12.2 Å². The molecule has 0 saturated heterocycles. The van der Waals surface area contributed by atoms with Gasteiger partial charge in [0.05, 0.1) is 0 Å². The molecule has 124 valence electrons. The summed E-state index contributed by atoms with van der Waals surface area (Å²) in [7, 11) is 0. The second-order valence-electron chi connectivity index (χ2n) is 5.17. The molecule has 24 heavy (non-hydrogen) atoms. The third kappa shape index (κ3) is 3.57. The number of nitrogens with zero attached hydrogens (tertiary/aromatic N) is 2. The molecule has 0 aliphatic heterocycles. The Hall–Kier alpha value is -2.80. The Bertz CT molecular complexity index is 851. The predicted octanol–water partition coefficient (Wildman–Crippen LogP) is 3.44. The largest absolute Gasteiger partial charge is 0.491 e. The van der Waals surface area contributed by atoms with Gasteiger partial charge in [-0.1, -0.05) is 23.4 Å². The minimum Gasteiger partial charge on any atom is -0.491 e. The summed E-state index contributed by atoms with van der Waals surface area (Å²) >= 11 is 0. The third-order valence-corrected chi connectivity index (χ3v) is 3.36. The van der Waals surface area contributed by atoms with Crippen LogP contribution in [0.1, 0.15) is 17.6 Å². The van der Waals surface area contributed by atoms with Crippen LogP contribution in [0.5, 0.6) is 5.75 Å². The zero-order chi connectivity index (χ0) is 17.1. The Morgan fingerprint density at radius 1 is 1.17 bits per heavy atom. The molecule has 1 atom stereocenters. The van der Waals surface area contributed by atoms with Gasteiger partial charge in [-0.05, 0) is 29.8 Å². The molecule has 1 unspecified atom stereocenters. The fourth-order valence-electron chi connectivity index (χ4n) is 2.13. The third-order valence-electron chi connectivity index (χ3n) is 3.36. The van der Waals surface area contributed by atoms with Crippen molar-refractivity contribution in [3.63, 3.8) is 0 Å². The van der Waals surface area contributed by atoms with Gasteiger partial charge in [0.2, 0.25) is 11.7 Å². The van der Waals surface area contributed by atoms with Crippen molar-refractivity contribution in [2.24, 2.45) is 0 Å². The lowest BCUT2D eigenvalue weighted by molar-refractivity contribution is 0.108. The van der Waals surface area contributed by atoms with Crippen LogP contribution in [-0.4, -0.2) is 21.9 Å². The van der Waals surface area contributed by atoms with E-state index in [0.29, 0.717) is 23.0 Å². The smallest absolute Gasteiger partial charge is 0.223 e. The molecule has 0 aliphatic carbocycles. The van der Waals surface area contributed by atoms with E-state index in [1.54, 1.807) is 31.2 Å². The van der Waals surface area contributed by atoms with Crippen molar-refractivity contribution in [3.8, 4) is 17.1 Å². The van der Waals surface area contributed by atoms with Crippen molar-refractivity contribution in [2.75, 3.05) is 6.61 Å². The Morgan fingerprint density at radius 3 is 2.71 bits per heavy atom. The highest BCUT2D eigenvalue weighted by Crippen LogP contribution is 2.23. The van der Waals surface area contributed by atoms with Gasteiger partial charge in [-0.2, -0.15) is 4.98 Å². The van der Waals surface area contributed by atoms with E-state index in [2.05, 4.69) is 10.1 Å². The van der Waals surface area contributed by atoms with Crippen LogP contribution in [-0.2, 0) is 0 Å². The molecule has 0 saturated carbocycles. The quantitative estimate of drug-likeness (QED) is 0.775. The van der Waals surface area contributed by atoms with Crippen molar-refractivity contribution in [2.45, 2.75) is 13.0 Å². The van der Waals surface area contributed by atoms with Crippen LogP contribution in [0.25, 0.3) is 11.4 Å². The maximum Gasteiger partial charge on any atom is 0.223 e. The Kier molecular flexibility index (Phi) is 4.52. The van der Waals surface area contributed by atoms with Crippen LogP contribution >= 0.6 is 0 Å². The first kappa shape index (κ1) is 16.1. The van der Waals surface area contributed by atoms with Gasteiger partial charge in [-0.25, -0.2) is 8.78 Å². The molecule has 5 nitrogen and oxygen atoms in total. The lowest BCUT2D eigenvalue weighted by Gasteiger charge is -2.13. The van der Waals surface area contributed by atoms with E-state index in [1.165, 1.54) is 6.07 Å². The van der Waals surface area contributed by atoms with Crippen molar-refractivity contribution in [1.29, 1.82) is 0 Å². The lowest BCUT2D eigenvalue weighted by Crippen LogP contribution is -2.10. The minimum atomic E-state index is -1.09. The topological polar surface area (TPSA) is 68.4 Å². The summed E-state index contributed by atoms with van der Waals surface area (Å²) in [5.41, 5.74) is 0.936. The molecule has 1 aromatic heterocycles. The maximum absolute atomic E-state index is 13.2. The Labute approximate surface area is 136 Å². The first-order valence-corrected chi connectivity index (χ1v) is 7.19. The van der Waals surface area contributed by atoms with Crippen molar-refractivity contribution in [1.82, 2.24) is 10.1 Å². The van der Waals surface area contributed by atoms with Crippen LogP contribution in [0.2, 0.25) is 0 Å². The van der Waals surface area contributed by atoms with Crippen LogP contribution in [0.4, 0.5) is 8.78 Å². The normalized spacial score (nSPS) is 12.2. The minimum absolute atomic E-state index is 0.111. The Morgan fingerprint density at radius 2 is 2.00 bits per heavy atom. The molecule has 3 aromatic rings. The summed E-state index contributed by atoms with van der Waals surface area (Å²) in [6, 6.07) is 10.2. The number of hydrogen-bond acceptors (Lipinski definition) is 5. The number of ether oxygens (including phenoxy) is 1. The van der Waals surface area contributed by atoms with Crippen molar-refractivity contribution < 1.29 is 23.1 Å². The van der Waals surface area contributed by atoms with Crippen molar-refractivity contribution >= 4 is 0 Å². The molecule has 0 spiro atoms. The molecule has 1 heterocycles. The lowest BCUT2D eigenvalue weighted by atomic mass is 10.1. The van der Waals surface area contributed by atoms with Gasteiger partial charge in [-0.3, -0.25) is 0 Å². The van der Waals surface area contributed by atoms with E-state index < -0.39 is 17.7 Å². The first-order chi connectivity index (χ1) is 11.5. The fraction of sp³-hybridized carbons (Fsp3) is 0.176. The monoisotopic (exact) mass is 332 g/mol. The Balaban J connectivity index is 1.69. The van der Waals surface area contributed by atoms with Gasteiger partial charge in [0.25, 0.3) is 0 Å². The van der Waals surface area contributed by atoms with Gasteiger partial charge in [0, 0.05) is 12.5 Å². The molecule has 0 radical (unpaired) electrons. The van der Waals surface area contributed by atoms with E-state index in [9.17, 15) is 13.9 Å². The van der Waals surface area contributed by atoms with Crippen LogP contribution in [0.3, 0.4) is 0 Å². The first-order valence-electron chi connectivity index (χ1n) is 7.19. The molecule has 0 bridgehead atoms. The van der Waals surface area contributed by atoms with Crippen LogP contribution in [0, 0.1) is 18.6 Å². The highest BCUT2D eigenvalue weighted by Gasteiger charge is 2.12. The fourth-order valence-corrected chi connectivity index (χ4v) is 2.13. The summed E-state index contributed by atoms with van der Waals surface area (Å²) in [4.78, 5) is 4.12. The molecular formula is C17H14F2N2O3. The molecular weight excluding hydrogens is 318 g/mol. The van der Waals surface area contributed by atoms with Crippen LogP contribution in [0.15, 0.2) is 47.0 Å². The number of aliphatic hydroxyl groups excluding tert-OH is 1. The predicted molar refractivity (Wildman–Crippen MR) is 81.3 cm³/mol. The summed E-state index contributed by atoms with van der Waals surface area (Å²) in [5, 5.41) is 13.9. The highest BCUT2D eigenvalue weighted by atomic mass is 19.2. The van der Waals surface area contributed by atoms with E-state index in [1.807, 2.05) is 0 Å². The average molecular weight is 332 g/mol. The number of rotatable bonds is 5. The standard InChI is InChI=1S/C17H14F2N2O3/c1-10-20-17(21-24-10)12-3-2-4-13(7-12)23-9-16(22)11-5-6-14(18)15(19)8-11/h2-8,16,22H,9H2,1H3. The van der Waals surface area contributed by atoms with Gasteiger partial charge >= 0.3 is 0 Å². The maximum atomic E-state index is 13.2. The van der Waals surface area contributed by atoms with Crippen LogP contribution < -0.4 is 4.74 Å². The number of benzene rings is 2. The van der Waals surface area contributed by atoms with Gasteiger partial charge in [0.15, 0.2) is 11.6 Å². The molecule has 1 N–H and O–H groups in total. The molecule has 0 fully saturated rings. The van der Waals surface area contributed by atoms with Crippen molar-refractivity contribution in [3.05, 3.63) is 65.6 Å². The molecule has 0 aliphatic rings. The summed E-state index contributed by atoms with van der Waals surface area (Å²) in [6.45, 7) is 1.58. The number of aromatic nitrogens is 2. The van der Waals surface area contributed by atoms with E-state index in [0.717, 1.165) is 12.1 Å². The summed E-state index contributed by atoms with van der Waals surface area (Å²) in [5.74, 6) is -0.614. The zero-order valence-electron chi connectivity index (χ0n) is 12.7. The number of aliphatic hydroxyl groups is 1. The van der Waals surface area contributed by atoms with Gasteiger partial charge in [-0.15, -0.1) is 0 Å². The second-order valence-corrected chi connectivity index (χ2v) is 5.17. The number of halogens is 2. The highest BCUT2D eigenvalue weighted by molar-refractivity contribution is 5.56. The van der Waals surface area contributed by atoms with Gasteiger partial charge < -0.3 is 14.4 Å². The molecule has 7 heteroatoms. The molecule has 0 amide bonds. The van der Waals surface area contributed by atoms with Gasteiger partial charge in [0.1, 0.15) is 18.5 Å². The molecule has 2 aromatic carbocycles. The molecule has 3 rings (SSSR count). The summed E-state index contributed by atoms with van der Waals surface area (Å²) in [6.07, 6.45) is -1.09. The zero-order valence-corrected chi connectivity index (χ0v) is 12.7. The number of aryl methyl sites for hydroxylation is 1. The average Bonchev–Trinajstić information content (AvgIpc) is 3.02. The second kappa shape index (κ2) is 6.76.